The molecule has 1 heterocycles. The normalized spacial score (nSPS) is 10.7. The van der Waals surface area contributed by atoms with Crippen molar-refractivity contribution in [2.24, 2.45) is 0 Å². The van der Waals surface area contributed by atoms with Gasteiger partial charge in [0.2, 0.25) is 5.75 Å². The lowest BCUT2D eigenvalue weighted by molar-refractivity contribution is 0.102. The summed E-state index contributed by atoms with van der Waals surface area (Å²) in [7, 11) is 4.40. The van der Waals surface area contributed by atoms with Crippen LogP contribution >= 0.6 is 15.9 Å². The van der Waals surface area contributed by atoms with Crippen molar-refractivity contribution in [3.05, 3.63) is 80.9 Å². The largest absolute Gasteiger partial charge is 0.493 e. The first kappa shape index (κ1) is 22.4. The van der Waals surface area contributed by atoms with Gasteiger partial charge < -0.3 is 23.9 Å². The van der Waals surface area contributed by atoms with E-state index in [0.717, 1.165) is 4.47 Å². The van der Waals surface area contributed by atoms with Gasteiger partial charge in [-0.2, -0.15) is 0 Å². The van der Waals surface area contributed by atoms with Gasteiger partial charge in [0.25, 0.3) is 5.91 Å². The Morgan fingerprint density at radius 3 is 2.36 bits per heavy atom. The highest BCUT2D eigenvalue weighted by molar-refractivity contribution is 9.10. The van der Waals surface area contributed by atoms with Gasteiger partial charge in [-0.05, 0) is 30.3 Å². The van der Waals surface area contributed by atoms with Gasteiger partial charge in [-0.3, -0.25) is 9.59 Å². The first-order valence-electron chi connectivity index (χ1n) is 9.89. The second-order valence-electron chi connectivity index (χ2n) is 7.04. The molecule has 33 heavy (non-hydrogen) atoms. The molecular weight excluding hydrogens is 490 g/mol. The molecular formula is C25H20BrNO6. The quantitative estimate of drug-likeness (QED) is 0.369. The molecule has 0 aliphatic rings. The Bertz CT molecular complexity index is 1410. The summed E-state index contributed by atoms with van der Waals surface area (Å²) in [6, 6.07) is 17.1. The lowest BCUT2D eigenvalue weighted by atomic mass is 10.1. The van der Waals surface area contributed by atoms with Crippen molar-refractivity contribution in [2.45, 2.75) is 0 Å². The zero-order chi connectivity index (χ0) is 23.5. The lowest BCUT2D eigenvalue weighted by Gasteiger charge is -2.14. The standard InChI is InChI=1S/C25H20BrNO6/c1-30-21-13-20-22(24(32-3)23(21)31-2)18(28)12-19(33-20)14-6-5-9-17(11-14)27-25(29)15-7-4-8-16(26)10-15/h4-13H,1-3H3,(H,27,29). The highest BCUT2D eigenvalue weighted by atomic mass is 79.9. The van der Waals surface area contributed by atoms with E-state index in [1.165, 1.54) is 27.4 Å². The van der Waals surface area contributed by atoms with Crippen molar-refractivity contribution in [3.63, 3.8) is 0 Å². The van der Waals surface area contributed by atoms with E-state index in [1.807, 2.05) is 6.07 Å². The van der Waals surface area contributed by atoms with E-state index in [2.05, 4.69) is 21.2 Å². The Hall–Kier alpha value is -3.78. The van der Waals surface area contributed by atoms with Gasteiger partial charge in [-0.1, -0.05) is 34.1 Å². The van der Waals surface area contributed by atoms with Crippen molar-refractivity contribution in [3.8, 4) is 28.6 Å². The second kappa shape index (κ2) is 9.38. The smallest absolute Gasteiger partial charge is 0.255 e. The van der Waals surface area contributed by atoms with Crippen LogP contribution in [0, 0.1) is 0 Å². The maximum Gasteiger partial charge on any atom is 0.255 e. The first-order chi connectivity index (χ1) is 15.9. The molecule has 0 atom stereocenters. The maximum absolute atomic E-state index is 13.0. The monoisotopic (exact) mass is 509 g/mol. The van der Waals surface area contributed by atoms with Crippen molar-refractivity contribution in [2.75, 3.05) is 26.6 Å². The van der Waals surface area contributed by atoms with Crippen LogP contribution in [0.5, 0.6) is 17.2 Å². The summed E-state index contributed by atoms with van der Waals surface area (Å²) in [5.41, 5.74) is 1.68. The molecule has 0 saturated heterocycles. The Morgan fingerprint density at radius 1 is 0.909 bits per heavy atom. The minimum Gasteiger partial charge on any atom is -0.493 e. The summed E-state index contributed by atoms with van der Waals surface area (Å²) in [5.74, 6) is 1.000. The summed E-state index contributed by atoms with van der Waals surface area (Å²) in [6.45, 7) is 0. The third-order valence-corrected chi connectivity index (χ3v) is 5.51. The van der Waals surface area contributed by atoms with Gasteiger partial charge >= 0.3 is 0 Å². The van der Waals surface area contributed by atoms with Gasteiger partial charge in [-0.25, -0.2) is 0 Å². The molecule has 0 aliphatic carbocycles. The third-order valence-electron chi connectivity index (χ3n) is 5.01. The number of halogens is 1. The van der Waals surface area contributed by atoms with Crippen molar-refractivity contribution >= 4 is 38.5 Å². The SMILES string of the molecule is COc1cc2oc(-c3cccc(NC(=O)c4cccc(Br)c4)c3)cc(=O)c2c(OC)c1OC. The highest BCUT2D eigenvalue weighted by Crippen LogP contribution is 2.42. The van der Waals surface area contributed by atoms with Crippen LogP contribution in [-0.4, -0.2) is 27.2 Å². The average molecular weight is 510 g/mol. The van der Waals surface area contributed by atoms with Gasteiger partial charge in [0.05, 0.1) is 21.3 Å². The molecule has 1 amide bonds. The number of hydrogen-bond acceptors (Lipinski definition) is 6. The molecule has 0 unspecified atom stereocenters. The topological polar surface area (TPSA) is 87.0 Å². The van der Waals surface area contributed by atoms with Crippen LogP contribution in [0.25, 0.3) is 22.3 Å². The van der Waals surface area contributed by atoms with Crippen LogP contribution in [0.4, 0.5) is 5.69 Å². The van der Waals surface area contributed by atoms with E-state index < -0.39 is 0 Å². The minimum absolute atomic E-state index is 0.238. The van der Waals surface area contributed by atoms with Gasteiger partial charge in [0.1, 0.15) is 16.7 Å². The second-order valence-corrected chi connectivity index (χ2v) is 7.95. The molecule has 1 aromatic heterocycles. The van der Waals surface area contributed by atoms with E-state index in [-0.39, 0.29) is 28.1 Å². The fraction of sp³-hybridized carbons (Fsp3) is 0.120. The van der Waals surface area contributed by atoms with Gasteiger partial charge in [-0.15, -0.1) is 0 Å². The number of ether oxygens (including phenoxy) is 3. The number of anilines is 1. The lowest BCUT2D eigenvalue weighted by Crippen LogP contribution is -2.11. The van der Waals surface area contributed by atoms with E-state index in [9.17, 15) is 9.59 Å². The molecule has 0 saturated carbocycles. The maximum atomic E-state index is 13.0. The molecule has 168 valence electrons. The van der Waals surface area contributed by atoms with Crippen LogP contribution in [0.2, 0.25) is 0 Å². The van der Waals surface area contributed by atoms with Crippen LogP contribution in [0.1, 0.15) is 10.4 Å². The first-order valence-corrected chi connectivity index (χ1v) is 10.7. The number of carbonyl (C=O) groups is 1. The van der Waals surface area contributed by atoms with E-state index in [1.54, 1.807) is 48.5 Å². The number of methoxy groups -OCH3 is 3. The molecule has 0 spiro atoms. The number of benzene rings is 3. The Morgan fingerprint density at radius 2 is 1.67 bits per heavy atom. The molecule has 0 fully saturated rings. The van der Waals surface area contributed by atoms with Gasteiger partial charge in [0, 0.05) is 33.4 Å². The number of amides is 1. The summed E-state index contributed by atoms with van der Waals surface area (Å²) >= 11 is 3.37. The highest BCUT2D eigenvalue weighted by Gasteiger charge is 2.21. The number of fused-ring (bicyclic) bond motifs is 1. The summed E-state index contributed by atoms with van der Waals surface area (Å²) < 4.78 is 23.0. The zero-order valence-corrected chi connectivity index (χ0v) is 19.7. The van der Waals surface area contributed by atoms with E-state index >= 15 is 0 Å². The summed E-state index contributed by atoms with van der Waals surface area (Å²) in [6.07, 6.45) is 0. The fourth-order valence-electron chi connectivity index (χ4n) is 3.51. The molecule has 7 nitrogen and oxygen atoms in total. The van der Waals surface area contributed by atoms with Crippen molar-refractivity contribution < 1.29 is 23.4 Å². The molecule has 3 aromatic carbocycles. The summed E-state index contributed by atoms with van der Waals surface area (Å²) in [5, 5.41) is 3.11. The van der Waals surface area contributed by atoms with E-state index in [4.69, 9.17) is 18.6 Å². The number of nitrogens with one attached hydrogen (secondary N) is 1. The van der Waals surface area contributed by atoms with Crippen LogP contribution in [0.15, 0.2) is 74.3 Å². The Kier molecular flexibility index (Phi) is 6.37. The molecule has 0 bridgehead atoms. The third kappa shape index (κ3) is 4.42. The van der Waals surface area contributed by atoms with Crippen LogP contribution in [0.3, 0.4) is 0 Å². The molecule has 4 rings (SSSR count). The number of carbonyl (C=O) groups excluding carboxylic acids is 1. The average Bonchev–Trinajstić information content (AvgIpc) is 2.82. The van der Waals surface area contributed by atoms with Crippen molar-refractivity contribution in [1.29, 1.82) is 0 Å². The molecule has 8 heteroatoms. The predicted octanol–water partition coefficient (Wildman–Crippen LogP) is 5.50. The van der Waals surface area contributed by atoms with Crippen LogP contribution in [-0.2, 0) is 0 Å². The fourth-order valence-corrected chi connectivity index (χ4v) is 3.91. The number of rotatable bonds is 6. The molecule has 1 N–H and O–H groups in total. The minimum atomic E-state index is -0.298. The zero-order valence-electron chi connectivity index (χ0n) is 18.1. The van der Waals surface area contributed by atoms with Crippen LogP contribution < -0.4 is 25.0 Å². The summed E-state index contributed by atoms with van der Waals surface area (Å²) in [4.78, 5) is 25.6. The Labute approximate surface area is 198 Å². The van der Waals surface area contributed by atoms with E-state index in [0.29, 0.717) is 34.1 Å². The van der Waals surface area contributed by atoms with Gasteiger partial charge in [0.15, 0.2) is 16.9 Å². The predicted molar refractivity (Wildman–Crippen MR) is 130 cm³/mol. The molecule has 0 radical (unpaired) electrons. The van der Waals surface area contributed by atoms with Crippen molar-refractivity contribution in [1.82, 2.24) is 0 Å². The molecule has 0 aliphatic heterocycles. The Balaban J connectivity index is 1.75. The number of hydrogen-bond donors (Lipinski definition) is 1. The molecule has 4 aromatic rings.